The minimum Gasteiger partial charge on any atom is -0.469 e. The number of hydrogen-bond acceptors (Lipinski definition) is 6. The molecule has 0 aliphatic carbocycles. The van der Waals surface area contributed by atoms with Gasteiger partial charge in [-0.15, -0.1) is 0 Å². The van der Waals surface area contributed by atoms with E-state index >= 15 is 0 Å². The van der Waals surface area contributed by atoms with Crippen molar-refractivity contribution in [3.63, 3.8) is 0 Å². The first-order valence-corrected chi connectivity index (χ1v) is 5.86. The molecule has 1 aliphatic rings. The van der Waals surface area contributed by atoms with Crippen LogP contribution in [0.2, 0.25) is 0 Å². The summed E-state index contributed by atoms with van der Waals surface area (Å²) in [6.45, 7) is 0.264. The Balaban J connectivity index is 2.35. The highest BCUT2D eigenvalue weighted by Gasteiger charge is 2.42. The van der Waals surface area contributed by atoms with E-state index in [0.29, 0.717) is 25.9 Å². The van der Waals surface area contributed by atoms with Crippen LogP contribution < -0.4 is 0 Å². The van der Waals surface area contributed by atoms with Crippen LogP contribution in [0.3, 0.4) is 0 Å². The lowest BCUT2D eigenvalue weighted by Gasteiger charge is -2.29. The minimum absolute atomic E-state index is 0.274. The highest BCUT2D eigenvalue weighted by Crippen LogP contribution is 2.19. The van der Waals surface area contributed by atoms with Crippen molar-refractivity contribution in [1.82, 2.24) is 4.90 Å². The lowest BCUT2D eigenvalue weighted by atomic mass is 9.97. The fourth-order valence-corrected chi connectivity index (χ4v) is 1.87. The number of carbonyl (C=O) groups is 3. The number of hydrogen-bond donors (Lipinski definition) is 0. The van der Waals surface area contributed by atoms with Gasteiger partial charge in [-0.3, -0.25) is 14.5 Å². The van der Waals surface area contributed by atoms with Gasteiger partial charge in [-0.05, 0) is 25.9 Å². The number of nitrogens with zero attached hydrogens (tertiary/aromatic N) is 1. The third-order valence-electron chi connectivity index (χ3n) is 2.91. The van der Waals surface area contributed by atoms with Crippen molar-refractivity contribution in [2.45, 2.75) is 19.0 Å². The Morgan fingerprint density at radius 1 is 1.20 bits per heavy atom. The van der Waals surface area contributed by atoms with Gasteiger partial charge in [-0.1, -0.05) is 0 Å². The second-order valence-electron chi connectivity index (χ2n) is 4.33. The van der Waals surface area contributed by atoms with Gasteiger partial charge >= 0.3 is 24.1 Å². The number of carbonyl (C=O) groups excluding carboxylic acids is 3. The second-order valence-corrected chi connectivity index (χ2v) is 4.33. The minimum atomic E-state index is -5.19. The summed E-state index contributed by atoms with van der Waals surface area (Å²) >= 11 is 0. The predicted octanol–water partition coefficient (Wildman–Crippen LogP) is 0.503. The molecule has 0 aromatic rings. The van der Waals surface area contributed by atoms with Crippen molar-refractivity contribution in [2.75, 3.05) is 26.7 Å². The molecule has 1 fully saturated rings. The zero-order valence-corrected chi connectivity index (χ0v) is 10.7. The van der Waals surface area contributed by atoms with Crippen molar-refractivity contribution in [3.8, 4) is 0 Å². The fraction of sp³-hybridized carbons (Fsp3) is 0.727. The summed E-state index contributed by atoms with van der Waals surface area (Å²) in [5, 5.41) is 0. The maximum Gasteiger partial charge on any atom is 0.491 e. The molecule has 0 radical (unpaired) electrons. The molecular weight excluding hydrogens is 283 g/mol. The number of methoxy groups -OCH3 is 1. The van der Waals surface area contributed by atoms with E-state index in [4.69, 9.17) is 0 Å². The number of rotatable bonds is 3. The van der Waals surface area contributed by atoms with Crippen LogP contribution in [0.4, 0.5) is 13.2 Å². The molecule has 1 saturated heterocycles. The van der Waals surface area contributed by atoms with E-state index in [1.165, 1.54) is 12.0 Å². The van der Waals surface area contributed by atoms with Crippen LogP contribution in [0.15, 0.2) is 0 Å². The van der Waals surface area contributed by atoms with E-state index in [9.17, 15) is 27.6 Å². The normalized spacial score (nSPS) is 17.6. The standard InChI is InChI=1S/C11H14F3NO5/c1-19-9(17)7-2-4-15(5-3-7)6-8(16)20-10(18)11(12,13)14/h7H,2-6H2,1H3. The summed E-state index contributed by atoms with van der Waals surface area (Å²) in [4.78, 5) is 34.4. The van der Waals surface area contributed by atoms with Gasteiger partial charge in [0.15, 0.2) is 0 Å². The predicted molar refractivity (Wildman–Crippen MR) is 58.3 cm³/mol. The van der Waals surface area contributed by atoms with E-state index in [-0.39, 0.29) is 11.9 Å². The van der Waals surface area contributed by atoms with Crippen LogP contribution in [0.1, 0.15) is 12.8 Å². The molecule has 9 heteroatoms. The van der Waals surface area contributed by atoms with Gasteiger partial charge in [0, 0.05) is 0 Å². The van der Waals surface area contributed by atoms with Crippen LogP contribution in [0.25, 0.3) is 0 Å². The molecule has 0 bridgehead atoms. The molecule has 20 heavy (non-hydrogen) atoms. The lowest BCUT2D eigenvalue weighted by Crippen LogP contribution is -2.41. The van der Waals surface area contributed by atoms with Crippen LogP contribution in [0, 0.1) is 5.92 Å². The third-order valence-corrected chi connectivity index (χ3v) is 2.91. The molecule has 0 atom stereocenters. The van der Waals surface area contributed by atoms with Gasteiger partial charge in [0.2, 0.25) is 0 Å². The SMILES string of the molecule is COC(=O)C1CCN(CC(=O)OC(=O)C(F)(F)F)CC1. The van der Waals surface area contributed by atoms with Crippen molar-refractivity contribution in [1.29, 1.82) is 0 Å². The summed E-state index contributed by atoms with van der Waals surface area (Å²) in [6.07, 6.45) is -4.31. The maximum atomic E-state index is 11.9. The first-order valence-electron chi connectivity index (χ1n) is 5.86. The van der Waals surface area contributed by atoms with E-state index in [0.717, 1.165) is 0 Å². The molecular formula is C11H14F3NO5. The Morgan fingerprint density at radius 2 is 1.75 bits per heavy atom. The number of esters is 3. The molecule has 1 aliphatic heterocycles. The first kappa shape index (κ1) is 16.4. The summed E-state index contributed by atoms with van der Waals surface area (Å²) < 4.78 is 43.9. The Kier molecular flexibility index (Phi) is 5.49. The topological polar surface area (TPSA) is 72.9 Å². The molecule has 0 aromatic carbocycles. The zero-order valence-electron chi connectivity index (χ0n) is 10.7. The van der Waals surface area contributed by atoms with Crippen molar-refractivity contribution < 1.29 is 37.0 Å². The number of piperidine rings is 1. The molecule has 1 rings (SSSR count). The van der Waals surface area contributed by atoms with Crippen LogP contribution >= 0.6 is 0 Å². The monoisotopic (exact) mass is 297 g/mol. The Hall–Kier alpha value is -1.64. The van der Waals surface area contributed by atoms with Crippen molar-refractivity contribution in [2.24, 2.45) is 5.92 Å². The molecule has 0 unspecified atom stereocenters. The third kappa shape index (κ3) is 4.80. The zero-order chi connectivity index (χ0) is 15.3. The summed E-state index contributed by atoms with van der Waals surface area (Å²) in [7, 11) is 1.27. The molecule has 0 spiro atoms. The highest BCUT2D eigenvalue weighted by atomic mass is 19.4. The smallest absolute Gasteiger partial charge is 0.469 e. The number of alkyl halides is 3. The second kappa shape index (κ2) is 6.69. The van der Waals surface area contributed by atoms with Gasteiger partial charge in [0.1, 0.15) is 0 Å². The molecule has 6 nitrogen and oxygen atoms in total. The van der Waals surface area contributed by atoms with Gasteiger partial charge in [-0.25, -0.2) is 4.79 Å². The Bertz CT molecular complexity index is 388. The molecule has 0 saturated carbocycles. The van der Waals surface area contributed by atoms with Crippen molar-refractivity contribution >= 4 is 17.9 Å². The van der Waals surface area contributed by atoms with Gasteiger partial charge in [-0.2, -0.15) is 13.2 Å². The average molecular weight is 297 g/mol. The highest BCUT2D eigenvalue weighted by molar-refractivity contribution is 5.89. The quantitative estimate of drug-likeness (QED) is 0.558. The van der Waals surface area contributed by atoms with Crippen LogP contribution in [-0.2, 0) is 23.9 Å². The van der Waals surface area contributed by atoms with E-state index < -0.39 is 24.7 Å². The van der Waals surface area contributed by atoms with Gasteiger partial charge < -0.3 is 9.47 Å². The molecule has 0 amide bonds. The summed E-state index contributed by atoms with van der Waals surface area (Å²) in [5.74, 6) is -4.40. The van der Waals surface area contributed by atoms with Crippen LogP contribution in [0.5, 0.6) is 0 Å². The number of ether oxygens (including phenoxy) is 2. The number of likely N-dealkylation sites (tertiary alicyclic amines) is 1. The average Bonchev–Trinajstić information content (AvgIpc) is 2.37. The molecule has 114 valence electrons. The fourth-order valence-electron chi connectivity index (χ4n) is 1.87. The number of halogens is 3. The Morgan fingerprint density at radius 3 is 2.20 bits per heavy atom. The van der Waals surface area contributed by atoms with E-state index in [1.54, 1.807) is 0 Å². The lowest BCUT2D eigenvalue weighted by molar-refractivity contribution is -0.202. The summed E-state index contributed by atoms with van der Waals surface area (Å²) in [6, 6.07) is 0. The van der Waals surface area contributed by atoms with Gasteiger partial charge in [0.25, 0.3) is 0 Å². The Labute approximate surface area is 112 Å². The van der Waals surface area contributed by atoms with Crippen LogP contribution in [-0.4, -0.2) is 55.7 Å². The molecule has 1 heterocycles. The van der Waals surface area contributed by atoms with E-state index in [1.807, 2.05) is 0 Å². The molecule has 0 aromatic heterocycles. The van der Waals surface area contributed by atoms with Crippen molar-refractivity contribution in [3.05, 3.63) is 0 Å². The largest absolute Gasteiger partial charge is 0.491 e. The van der Waals surface area contributed by atoms with E-state index in [2.05, 4.69) is 9.47 Å². The summed E-state index contributed by atoms with van der Waals surface area (Å²) in [5.41, 5.74) is 0. The first-order chi connectivity index (χ1) is 9.24. The molecule has 0 N–H and O–H groups in total. The van der Waals surface area contributed by atoms with Gasteiger partial charge in [0.05, 0.1) is 19.6 Å². The maximum absolute atomic E-state index is 11.9.